The summed E-state index contributed by atoms with van der Waals surface area (Å²) in [5.41, 5.74) is 1.50. The van der Waals surface area contributed by atoms with E-state index < -0.39 is 0 Å². The van der Waals surface area contributed by atoms with Gasteiger partial charge in [0.25, 0.3) is 0 Å². The molecule has 1 aromatic heterocycles. The molecule has 1 heterocycles. The highest BCUT2D eigenvalue weighted by atomic mass is 16.2. The topological polar surface area (TPSA) is 59.0 Å². The van der Waals surface area contributed by atoms with E-state index in [-0.39, 0.29) is 24.0 Å². The van der Waals surface area contributed by atoms with Crippen molar-refractivity contribution in [2.24, 2.45) is 0 Å². The zero-order valence-electron chi connectivity index (χ0n) is 14.6. The summed E-state index contributed by atoms with van der Waals surface area (Å²) in [6, 6.07) is 2.08. The predicted molar refractivity (Wildman–Crippen MR) is 93.2 cm³/mol. The third-order valence-corrected chi connectivity index (χ3v) is 4.70. The summed E-state index contributed by atoms with van der Waals surface area (Å²) in [5, 5.41) is 10.7. The van der Waals surface area contributed by atoms with E-state index in [0.717, 1.165) is 13.0 Å². The molecule has 1 amide bonds. The minimum absolute atomic E-state index is 0.0703. The molecule has 1 aliphatic rings. The molecular formula is C18H30N4O. The lowest BCUT2D eigenvalue weighted by Gasteiger charge is -2.25. The number of carbonyl (C=O) groups is 1. The summed E-state index contributed by atoms with van der Waals surface area (Å²) in [6.45, 7) is 6.84. The van der Waals surface area contributed by atoms with Gasteiger partial charge in [0.1, 0.15) is 0 Å². The molecule has 23 heavy (non-hydrogen) atoms. The molecule has 2 N–H and O–H groups in total. The maximum absolute atomic E-state index is 12.2. The summed E-state index contributed by atoms with van der Waals surface area (Å²) in [6.07, 6.45) is 12.0. The maximum atomic E-state index is 12.2. The minimum Gasteiger partial charge on any atom is -0.354 e. The molecule has 3 atom stereocenters. The monoisotopic (exact) mass is 318 g/mol. The lowest BCUT2D eigenvalue weighted by molar-refractivity contribution is -0.122. The molecule has 128 valence electrons. The molecular weight excluding hydrogens is 288 g/mol. The summed E-state index contributed by atoms with van der Waals surface area (Å²) >= 11 is 0. The lowest BCUT2D eigenvalue weighted by atomic mass is 9.97. The molecule has 1 aromatic rings. The van der Waals surface area contributed by atoms with Gasteiger partial charge in [-0.1, -0.05) is 11.6 Å². The third-order valence-electron chi connectivity index (χ3n) is 4.70. The van der Waals surface area contributed by atoms with Crippen LogP contribution in [0, 0.1) is 0 Å². The first-order chi connectivity index (χ1) is 11.1. The molecule has 0 aliphatic heterocycles. The standard InChI is InChI=1S/C18H30N4O/c1-14(16(3)22-13-7-11-20-22)21-15(2)18(23)19-12-10-17-8-5-4-6-9-17/h7-8,11,13-16,21H,4-6,9-10,12H2,1-3H3,(H,19,23)/t14-,15-,16+/m0/s1. The average molecular weight is 318 g/mol. The number of carbonyl (C=O) groups excluding carboxylic acids is 1. The highest BCUT2D eigenvalue weighted by molar-refractivity contribution is 5.81. The van der Waals surface area contributed by atoms with Gasteiger partial charge in [-0.2, -0.15) is 5.10 Å². The van der Waals surface area contributed by atoms with Crippen LogP contribution in [0.5, 0.6) is 0 Å². The summed E-state index contributed by atoms with van der Waals surface area (Å²) < 4.78 is 1.91. The Labute approximate surface area is 139 Å². The van der Waals surface area contributed by atoms with E-state index in [1.54, 1.807) is 6.20 Å². The zero-order chi connectivity index (χ0) is 16.7. The van der Waals surface area contributed by atoms with Crippen molar-refractivity contribution in [1.82, 2.24) is 20.4 Å². The first-order valence-electron chi connectivity index (χ1n) is 8.78. The van der Waals surface area contributed by atoms with Gasteiger partial charge in [-0.15, -0.1) is 0 Å². The van der Waals surface area contributed by atoms with Crippen LogP contribution in [0.25, 0.3) is 0 Å². The third kappa shape index (κ3) is 5.50. The summed E-state index contributed by atoms with van der Waals surface area (Å²) in [7, 11) is 0. The van der Waals surface area contributed by atoms with Crippen molar-refractivity contribution in [2.45, 2.75) is 71.0 Å². The van der Waals surface area contributed by atoms with Gasteiger partial charge >= 0.3 is 0 Å². The van der Waals surface area contributed by atoms with Crippen molar-refractivity contribution < 1.29 is 4.79 Å². The molecule has 5 nitrogen and oxygen atoms in total. The van der Waals surface area contributed by atoms with E-state index >= 15 is 0 Å². The normalized spacial score (nSPS) is 18.8. The van der Waals surface area contributed by atoms with Crippen LogP contribution in [0.15, 0.2) is 30.1 Å². The van der Waals surface area contributed by atoms with Gasteiger partial charge in [-0.25, -0.2) is 0 Å². The number of nitrogens with zero attached hydrogens (tertiary/aromatic N) is 2. The largest absolute Gasteiger partial charge is 0.354 e. The number of amides is 1. The van der Waals surface area contributed by atoms with Crippen LogP contribution >= 0.6 is 0 Å². The van der Waals surface area contributed by atoms with E-state index in [4.69, 9.17) is 0 Å². The predicted octanol–water partition coefficient (Wildman–Crippen LogP) is 2.82. The molecule has 1 aliphatic carbocycles. The van der Waals surface area contributed by atoms with Crippen LogP contribution in [0.2, 0.25) is 0 Å². The number of rotatable bonds is 8. The fourth-order valence-corrected chi connectivity index (χ4v) is 2.99. The van der Waals surface area contributed by atoms with Crippen LogP contribution in [0.4, 0.5) is 0 Å². The number of hydrogen-bond acceptors (Lipinski definition) is 3. The number of nitrogens with one attached hydrogen (secondary N) is 2. The van der Waals surface area contributed by atoms with Crippen molar-refractivity contribution in [1.29, 1.82) is 0 Å². The Morgan fingerprint density at radius 3 is 2.83 bits per heavy atom. The minimum atomic E-state index is -0.205. The second kappa shape index (κ2) is 8.87. The highest BCUT2D eigenvalue weighted by Gasteiger charge is 2.20. The van der Waals surface area contributed by atoms with Gasteiger partial charge in [0.05, 0.1) is 12.1 Å². The van der Waals surface area contributed by atoms with Crippen molar-refractivity contribution in [3.05, 3.63) is 30.1 Å². The van der Waals surface area contributed by atoms with Crippen molar-refractivity contribution >= 4 is 5.91 Å². The SMILES string of the molecule is C[C@H](N[C@@H](C)[C@@H](C)n1cccn1)C(=O)NCCC1=CCCCC1. The van der Waals surface area contributed by atoms with Gasteiger partial charge in [0.15, 0.2) is 0 Å². The van der Waals surface area contributed by atoms with Gasteiger partial charge < -0.3 is 10.6 Å². The Morgan fingerprint density at radius 2 is 2.17 bits per heavy atom. The first kappa shape index (κ1) is 17.7. The van der Waals surface area contributed by atoms with E-state index in [2.05, 4.69) is 35.7 Å². The molecule has 0 spiro atoms. The fraction of sp³-hybridized carbons (Fsp3) is 0.667. The molecule has 0 saturated heterocycles. The van der Waals surface area contributed by atoms with Crippen molar-refractivity contribution in [2.75, 3.05) is 6.54 Å². The molecule has 0 fully saturated rings. The summed E-state index contributed by atoms with van der Waals surface area (Å²) in [4.78, 5) is 12.2. The second-order valence-corrected chi connectivity index (χ2v) is 6.55. The van der Waals surface area contributed by atoms with Crippen LogP contribution in [-0.2, 0) is 4.79 Å². The smallest absolute Gasteiger partial charge is 0.236 e. The van der Waals surface area contributed by atoms with Gasteiger partial charge in [0, 0.05) is 25.0 Å². The Morgan fingerprint density at radius 1 is 1.35 bits per heavy atom. The van der Waals surface area contributed by atoms with Gasteiger partial charge in [-0.3, -0.25) is 9.48 Å². The van der Waals surface area contributed by atoms with Gasteiger partial charge in [0.2, 0.25) is 5.91 Å². The molecule has 0 unspecified atom stereocenters. The van der Waals surface area contributed by atoms with E-state index in [1.807, 2.05) is 23.9 Å². The van der Waals surface area contributed by atoms with Crippen molar-refractivity contribution in [3.63, 3.8) is 0 Å². The fourth-order valence-electron chi connectivity index (χ4n) is 2.99. The van der Waals surface area contributed by atoms with Crippen LogP contribution in [0.1, 0.15) is 58.9 Å². The van der Waals surface area contributed by atoms with Crippen LogP contribution in [-0.4, -0.2) is 34.3 Å². The molecule has 2 rings (SSSR count). The summed E-state index contributed by atoms with van der Waals surface area (Å²) in [5.74, 6) is 0.0703. The van der Waals surface area contributed by atoms with Crippen molar-refractivity contribution in [3.8, 4) is 0 Å². The lowest BCUT2D eigenvalue weighted by Crippen LogP contribution is -2.48. The Hall–Kier alpha value is -1.62. The Balaban J connectivity index is 1.70. The average Bonchev–Trinajstić information content (AvgIpc) is 3.09. The number of aromatic nitrogens is 2. The zero-order valence-corrected chi connectivity index (χ0v) is 14.6. The van der Waals surface area contributed by atoms with Gasteiger partial charge in [-0.05, 0) is 58.9 Å². The molecule has 5 heteroatoms. The highest BCUT2D eigenvalue weighted by Crippen LogP contribution is 2.19. The Bertz CT molecular complexity index is 509. The number of hydrogen-bond donors (Lipinski definition) is 2. The van der Waals surface area contributed by atoms with Crippen LogP contribution in [0.3, 0.4) is 0 Å². The molecule has 0 saturated carbocycles. The van der Waals surface area contributed by atoms with E-state index in [9.17, 15) is 4.79 Å². The number of allylic oxidation sites excluding steroid dienone is 1. The van der Waals surface area contributed by atoms with E-state index in [1.165, 1.54) is 31.3 Å². The second-order valence-electron chi connectivity index (χ2n) is 6.55. The van der Waals surface area contributed by atoms with Crippen LogP contribution < -0.4 is 10.6 Å². The molecule has 0 bridgehead atoms. The first-order valence-corrected chi connectivity index (χ1v) is 8.78. The molecule has 0 aromatic carbocycles. The maximum Gasteiger partial charge on any atom is 0.236 e. The van der Waals surface area contributed by atoms with E-state index in [0.29, 0.717) is 0 Å². The quantitative estimate of drug-likeness (QED) is 0.725. The molecule has 0 radical (unpaired) electrons. The Kier molecular flexibility index (Phi) is 6.84.